The Hall–Kier alpha value is -3.76. The third-order valence-electron chi connectivity index (χ3n) is 9.13. The zero-order chi connectivity index (χ0) is 32.5. The van der Waals surface area contributed by atoms with Gasteiger partial charge in [-0.05, 0) is 31.9 Å². The Labute approximate surface area is 265 Å². The summed E-state index contributed by atoms with van der Waals surface area (Å²) in [5, 5.41) is 8.25. The van der Waals surface area contributed by atoms with Gasteiger partial charge in [-0.3, -0.25) is 9.59 Å². The lowest BCUT2D eigenvalue weighted by molar-refractivity contribution is -0.956. The number of benzene rings is 2. The van der Waals surface area contributed by atoms with Crippen LogP contribution < -0.4 is 5.11 Å². The van der Waals surface area contributed by atoms with E-state index in [2.05, 4.69) is 0 Å². The third kappa shape index (κ3) is 8.10. The van der Waals surface area contributed by atoms with Crippen molar-refractivity contribution in [1.29, 1.82) is 0 Å². The molecule has 0 saturated carbocycles. The number of rotatable bonds is 10. The average molecular weight is 624 g/mol. The first-order chi connectivity index (χ1) is 21.5. The highest BCUT2D eigenvalue weighted by Crippen LogP contribution is 2.47. The highest BCUT2D eigenvalue weighted by atomic mass is 16.7. The van der Waals surface area contributed by atoms with Gasteiger partial charge >= 0.3 is 17.9 Å². The van der Waals surface area contributed by atoms with Gasteiger partial charge in [0.1, 0.15) is 11.7 Å². The van der Waals surface area contributed by atoms with Crippen LogP contribution in [0.3, 0.4) is 0 Å². The molecule has 0 amide bonds. The molecular formula is C35H45NO9. The lowest BCUT2D eigenvalue weighted by atomic mass is 9.85. The van der Waals surface area contributed by atoms with Gasteiger partial charge in [0.2, 0.25) is 5.60 Å². The van der Waals surface area contributed by atoms with Crippen molar-refractivity contribution in [2.45, 2.75) is 102 Å². The number of quaternary nitrogens is 1. The first kappa shape index (κ1) is 34.1. The second kappa shape index (κ2) is 15.0. The summed E-state index contributed by atoms with van der Waals surface area (Å²) in [4.78, 5) is 47.2. The van der Waals surface area contributed by atoms with Crippen molar-refractivity contribution in [3.05, 3.63) is 71.8 Å². The van der Waals surface area contributed by atoms with E-state index < -0.39 is 42.4 Å². The molecule has 2 unspecified atom stereocenters. The summed E-state index contributed by atoms with van der Waals surface area (Å²) < 4.78 is 24.5. The quantitative estimate of drug-likeness (QED) is 0.128. The second-order valence-corrected chi connectivity index (χ2v) is 13.0. The van der Waals surface area contributed by atoms with E-state index in [-0.39, 0.29) is 18.9 Å². The Balaban J connectivity index is 0.00000148. The summed E-state index contributed by atoms with van der Waals surface area (Å²) in [6.07, 6.45) is 6.23. The molecule has 3 fully saturated rings. The maximum Gasteiger partial charge on any atom is 0.348 e. The minimum atomic E-state index is -1.63. The number of carbonyl (C=O) groups is 4. The zero-order valence-electron chi connectivity index (χ0n) is 26.5. The maximum absolute atomic E-state index is 14.4. The predicted molar refractivity (Wildman–Crippen MR) is 162 cm³/mol. The lowest BCUT2D eigenvalue weighted by Crippen LogP contribution is -2.60. The lowest BCUT2D eigenvalue weighted by Gasteiger charge is -2.47. The standard InChI is InChI=1S/C34H44NO7.CH2O2/c1-33(2,3)42-31(37)19-18-30(36)39-24-40-34(25-12-6-4-7-13-25,26-14-8-5-9-15-26)32(38)41-29-22-27-16-17-28(23-29)35(27)20-10-11-21-35;2-1-3/h4-9,12-15,27-29H,10-11,16-24H2,1-3H3;1H,(H,2,3)/q+1;/p-1. The normalized spacial score (nSPS) is 21.7. The number of esters is 3. The van der Waals surface area contributed by atoms with E-state index in [9.17, 15) is 14.4 Å². The summed E-state index contributed by atoms with van der Waals surface area (Å²) >= 11 is 0. The smallest absolute Gasteiger partial charge is 0.348 e. The summed E-state index contributed by atoms with van der Waals surface area (Å²) in [5.41, 5.74) is -1.09. The number of carboxylic acid groups (broad SMARTS) is 1. The van der Waals surface area contributed by atoms with Gasteiger partial charge in [-0.15, -0.1) is 0 Å². The van der Waals surface area contributed by atoms with Gasteiger partial charge in [0.25, 0.3) is 0 Å². The molecule has 244 valence electrons. The van der Waals surface area contributed by atoms with Crippen LogP contribution in [0.25, 0.3) is 0 Å². The molecule has 2 atom stereocenters. The van der Waals surface area contributed by atoms with Gasteiger partial charge < -0.3 is 33.3 Å². The first-order valence-electron chi connectivity index (χ1n) is 15.8. The minimum absolute atomic E-state index is 0.106. The minimum Gasteiger partial charge on any atom is -0.554 e. The van der Waals surface area contributed by atoms with E-state index >= 15 is 0 Å². The average Bonchev–Trinajstić information content (AvgIpc) is 3.55. The maximum atomic E-state index is 14.4. The molecule has 2 bridgehead atoms. The number of hydrogen-bond donors (Lipinski definition) is 0. The summed E-state index contributed by atoms with van der Waals surface area (Å²) in [6.45, 7) is 6.82. The van der Waals surface area contributed by atoms with Crippen molar-refractivity contribution >= 4 is 24.4 Å². The molecule has 3 heterocycles. The third-order valence-corrected chi connectivity index (χ3v) is 9.13. The van der Waals surface area contributed by atoms with Crippen LogP contribution in [0.15, 0.2) is 60.7 Å². The molecule has 0 radical (unpaired) electrons. The van der Waals surface area contributed by atoms with Crippen molar-refractivity contribution in [2.75, 3.05) is 19.9 Å². The molecule has 10 nitrogen and oxygen atoms in total. The molecule has 3 aliphatic heterocycles. The molecular weight excluding hydrogens is 578 g/mol. The van der Waals surface area contributed by atoms with E-state index in [0.717, 1.165) is 12.8 Å². The summed E-state index contributed by atoms with van der Waals surface area (Å²) in [5.74, 6) is -1.61. The fourth-order valence-corrected chi connectivity index (χ4v) is 7.37. The van der Waals surface area contributed by atoms with Crippen LogP contribution >= 0.6 is 0 Å². The van der Waals surface area contributed by atoms with E-state index in [1.165, 1.54) is 43.3 Å². The van der Waals surface area contributed by atoms with Gasteiger partial charge in [0, 0.05) is 45.0 Å². The molecule has 1 spiro atoms. The van der Waals surface area contributed by atoms with E-state index in [4.69, 9.17) is 28.8 Å². The number of ether oxygens (including phenoxy) is 4. The SMILES string of the molecule is CC(C)(C)OC(=O)CCC(=O)OCOC(C(=O)OC1CC2CCC(C1)[N+]21CCCC1)(c1ccccc1)c1ccccc1.O=C[O-]. The molecule has 2 aromatic carbocycles. The summed E-state index contributed by atoms with van der Waals surface area (Å²) in [6, 6.07) is 19.5. The largest absolute Gasteiger partial charge is 0.554 e. The van der Waals surface area contributed by atoms with E-state index in [0.29, 0.717) is 23.2 Å². The monoisotopic (exact) mass is 623 g/mol. The van der Waals surface area contributed by atoms with Crippen LogP contribution in [-0.4, -0.2) is 72.5 Å². The molecule has 0 aliphatic carbocycles. The topological polar surface area (TPSA) is 128 Å². The van der Waals surface area contributed by atoms with Crippen molar-refractivity contribution < 1.29 is 47.7 Å². The van der Waals surface area contributed by atoms with Crippen molar-refractivity contribution in [3.63, 3.8) is 0 Å². The Morgan fingerprint density at radius 2 is 1.33 bits per heavy atom. The highest BCUT2D eigenvalue weighted by Gasteiger charge is 2.57. The molecule has 0 N–H and O–H groups in total. The molecule has 3 aliphatic rings. The van der Waals surface area contributed by atoms with Crippen LogP contribution in [0.1, 0.15) is 83.3 Å². The Morgan fingerprint density at radius 1 is 0.844 bits per heavy atom. The molecule has 5 rings (SSSR count). The van der Waals surface area contributed by atoms with Crippen LogP contribution in [0, 0.1) is 0 Å². The molecule has 0 aromatic heterocycles. The van der Waals surface area contributed by atoms with Gasteiger partial charge in [0.05, 0.1) is 38.0 Å². The number of hydrogen-bond acceptors (Lipinski definition) is 9. The Kier molecular flexibility index (Phi) is 11.4. The molecule has 10 heteroatoms. The Bertz CT molecular complexity index is 1230. The van der Waals surface area contributed by atoms with Crippen LogP contribution in [0.5, 0.6) is 0 Å². The zero-order valence-corrected chi connectivity index (χ0v) is 26.5. The van der Waals surface area contributed by atoms with Crippen molar-refractivity contribution in [2.24, 2.45) is 0 Å². The molecule has 3 saturated heterocycles. The Morgan fingerprint density at radius 3 is 1.82 bits per heavy atom. The van der Waals surface area contributed by atoms with Crippen LogP contribution in [0.4, 0.5) is 0 Å². The van der Waals surface area contributed by atoms with Crippen LogP contribution in [-0.2, 0) is 43.7 Å². The van der Waals surface area contributed by atoms with Gasteiger partial charge in [0.15, 0.2) is 6.79 Å². The predicted octanol–water partition coefficient (Wildman–Crippen LogP) is 3.78. The van der Waals surface area contributed by atoms with Gasteiger partial charge in [-0.25, -0.2) is 4.79 Å². The van der Waals surface area contributed by atoms with E-state index in [1.807, 2.05) is 60.7 Å². The number of carbonyl (C=O) groups excluding carboxylic acids is 4. The van der Waals surface area contributed by atoms with Gasteiger partial charge in [-0.2, -0.15) is 0 Å². The van der Waals surface area contributed by atoms with Gasteiger partial charge in [-0.1, -0.05) is 60.7 Å². The molecule has 45 heavy (non-hydrogen) atoms. The van der Waals surface area contributed by atoms with Crippen LogP contribution in [0.2, 0.25) is 0 Å². The summed E-state index contributed by atoms with van der Waals surface area (Å²) in [7, 11) is 0. The van der Waals surface area contributed by atoms with Crippen molar-refractivity contribution in [1.82, 2.24) is 0 Å². The first-order valence-corrected chi connectivity index (χ1v) is 15.8. The fraction of sp³-hybridized carbons (Fsp3) is 0.543. The number of nitrogens with zero attached hydrogens (tertiary/aromatic N) is 1. The fourth-order valence-electron chi connectivity index (χ4n) is 7.37. The van der Waals surface area contributed by atoms with E-state index in [1.54, 1.807) is 20.8 Å². The number of piperidine rings is 1. The van der Waals surface area contributed by atoms with Crippen molar-refractivity contribution in [3.8, 4) is 0 Å². The highest BCUT2D eigenvalue weighted by molar-refractivity contribution is 5.86. The molecule has 2 aromatic rings. The second-order valence-electron chi connectivity index (χ2n) is 13.0.